The number of nitrogens with one attached hydrogen (secondary N) is 1. The van der Waals surface area contributed by atoms with Crippen LogP contribution in [0.1, 0.15) is 36.0 Å². The fourth-order valence-corrected chi connectivity index (χ4v) is 2.65. The molecule has 0 aliphatic heterocycles. The summed E-state index contributed by atoms with van der Waals surface area (Å²) in [5.41, 5.74) is 1.98. The molecule has 6 heteroatoms. The van der Waals surface area contributed by atoms with Gasteiger partial charge in [0.1, 0.15) is 0 Å². The molecular formula is C17H17Cl2FN2O. The van der Waals surface area contributed by atoms with E-state index in [0.717, 1.165) is 11.1 Å². The molecule has 0 bridgehead atoms. The number of benzene rings is 1. The molecule has 1 heterocycles. The second-order valence-electron chi connectivity index (χ2n) is 5.31. The van der Waals surface area contributed by atoms with Crippen LogP contribution in [0.5, 0.6) is 0 Å². The minimum atomic E-state index is -0.571. The molecule has 1 aromatic carbocycles. The maximum atomic E-state index is 13.6. The number of pyridine rings is 1. The van der Waals surface area contributed by atoms with E-state index in [-0.39, 0.29) is 18.4 Å². The zero-order chi connectivity index (χ0) is 17.0. The number of rotatable bonds is 5. The average molecular weight is 355 g/mol. The number of hydrogen-bond acceptors (Lipinski definition) is 2. The van der Waals surface area contributed by atoms with E-state index in [4.69, 9.17) is 23.2 Å². The second-order valence-corrected chi connectivity index (χ2v) is 6.13. The third-order valence-electron chi connectivity index (χ3n) is 3.57. The summed E-state index contributed by atoms with van der Waals surface area (Å²) in [6.07, 6.45) is 2.05. The lowest BCUT2D eigenvalue weighted by Crippen LogP contribution is -2.29. The summed E-state index contributed by atoms with van der Waals surface area (Å²) in [6, 6.07) is 6.80. The first kappa shape index (κ1) is 17.7. The smallest absolute Gasteiger partial charge is 0.227 e. The molecule has 1 N–H and O–H groups in total. The number of amides is 1. The first-order valence-corrected chi connectivity index (χ1v) is 8.01. The predicted octanol–water partition coefficient (Wildman–Crippen LogP) is 4.65. The standard InChI is InChI=1S/C17H17Cl2FN2O/c1-3-13(11-4-5-14(18)15(19)7-11)17(23)22-9-12-6-10(2)8-21-16(12)20/h4-8,13H,3,9H2,1-2H3,(H,22,23)/t13-/m0/s1. The molecule has 122 valence electrons. The third kappa shape index (κ3) is 4.43. The van der Waals surface area contributed by atoms with E-state index in [1.807, 2.05) is 13.8 Å². The van der Waals surface area contributed by atoms with Gasteiger partial charge in [-0.25, -0.2) is 4.98 Å². The van der Waals surface area contributed by atoms with E-state index in [1.165, 1.54) is 6.20 Å². The lowest BCUT2D eigenvalue weighted by Gasteiger charge is -2.16. The van der Waals surface area contributed by atoms with Gasteiger partial charge in [-0.05, 0) is 42.7 Å². The van der Waals surface area contributed by atoms with Crippen molar-refractivity contribution in [2.24, 2.45) is 0 Å². The van der Waals surface area contributed by atoms with Crippen molar-refractivity contribution in [2.45, 2.75) is 32.7 Å². The summed E-state index contributed by atoms with van der Waals surface area (Å²) in [5.74, 6) is -1.13. The molecule has 0 saturated carbocycles. The van der Waals surface area contributed by atoms with Crippen molar-refractivity contribution in [1.29, 1.82) is 0 Å². The fraction of sp³-hybridized carbons (Fsp3) is 0.294. The van der Waals surface area contributed by atoms with Gasteiger partial charge in [-0.1, -0.05) is 36.2 Å². The Hall–Kier alpha value is -1.65. The summed E-state index contributed by atoms with van der Waals surface area (Å²) in [6.45, 7) is 3.82. The average Bonchev–Trinajstić information content (AvgIpc) is 2.52. The summed E-state index contributed by atoms with van der Waals surface area (Å²) in [4.78, 5) is 16.1. The van der Waals surface area contributed by atoms with Crippen LogP contribution < -0.4 is 5.32 Å². The molecule has 1 amide bonds. The molecule has 0 fully saturated rings. The van der Waals surface area contributed by atoms with E-state index >= 15 is 0 Å². The molecule has 0 spiro atoms. The van der Waals surface area contributed by atoms with Gasteiger partial charge in [0, 0.05) is 18.3 Å². The quantitative estimate of drug-likeness (QED) is 0.794. The Balaban J connectivity index is 2.11. The Kier molecular flexibility index (Phi) is 5.97. The van der Waals surface area contributed by atoms with Crippen molar-refractivity contribution in [3.8, 4) is 0 Å². The summed E-state index contributed by atoms with van der Waals surface area (Å²) in [5, 5.41) is 3.61. The van der Waals surface area contributed by atoms with Gasteiger partial charge in [0.2, 0.25) is 11.9 Å². The Bertz CT molecular complexity index is 722. The highest BCUT2D eigenvalue weighted by Crippen LogP contribution is 2.28. The molecule has 3 nitrogen and oxygen atoms in total. The summed E-state index contributed by atoms with van der Waals surface area (Å²) >= 11 is 11.9. The van der Waals surface area contributed by atoms with Gasteiger partial charge >= 0.3 is 0 Å². The zero-order valence-electron chi connectivity index (χ0n) is 12.9. The first-order chi connectivity index (χ1) is 10.9. The lowest BCUT2D eigenvalue weighted by atomic mass is 9.95. The topological polar surface area (TPSA) is 42.0 Å². The van der Waals surface area contributed by atoms with Crippen molar-refractivity contribution < 1.29 is 9.18 Å². The monoisotopic (exact) mass is 354 g/mol. The van der Waals surface area contributed by atoms with Gasteiger partial charge in [-0.2, -0.15) is 4.39 Å². The van der Waals surface area contributed by atoms with Gasteiger partial charge in [0.15, 0.2) is 0 Å². The number of nitrogens with zero attached hydrogens (tertiary/aromatic N) is 1. The van der Waals surface area contributed by atoms with Crippen LogP contribution in [0.3, 0.4) is 0 Å². The molecule has 2 rings (SSSR count). The first-order valence-electron chi connectivity index (χ1n) is 7.26. The van der Waals surface area contributed by atoms with Gasteiger partial charge in [-0.3, -0.25) is 4.79 Å². The molecular weight excluding hydrogens is 338 g/mol. The Morgan fingerprint density at radius 3 is 2.70 bits per heavy atom. The molecule has 0 aliphatic carbocycles. The van der Waals surface area contributed by atoms with E-state index in [9.17, 15) is 9.18 Å². The van der Waals surface area contributed by atoms with Crippen molar-refractivity contribution in [3.05, 3.63) is 63.1 Å². The largest absolute Gasteiger partial charge is 0.351 e. The van der Waals surface area contributed by atoms with E-state index in [2.05, 4.69) is 10.3 Å². The van der Waals surface area contributed by atoms with Crippen LogP contribution in [0.4, 0.5) is 4.39 Å². The number of carbonyl (C=O) groups is 1. The normalized spacial score (nSPS) is 12.0. The Morgan fingerprint density at radius 2 is 2.04 bits per heavy atom. The minimum Gasteiger partial charge on any atom is -0.351 e. The maximum absolute atomic E-state index is 13.6. The summed E-state index contributed by atoms with van der Waals surface area (Å²) < 4.78 is 13.6. The highest BCUT2D eigenvalue weighted by molar-refractivity contribution is 6.42. The number of aryl methyl sites for hydroxylation is 1. The van der Waals surface area contributed by atoms with Gasteiger partial charge in [-0.15, -0.1) is 0 Å². The molecule has 1 atom stereocenters. The van der Waals surface area contributed by atoms with Crippen LogP contribution in [0.25, 0.3) is 0 Å². The molecule has 1 aromatic heterocycles. The summed E-state index contributed by atoms with van der Waals surface area (Å²) in [7, 11) is 0. The zero-order valence-corrected chi connectivity index (χ0v) is 14.4. The number of aromatic nitrogens is 1. The molecule has 0 aliphatic rings. The van der Waals surface area contributed by atoms with Crippen LogP contribution in [0, 0.1) is 12.9 Å². The number of hydrogen-bond donors (Lipinski definition) is 1. The molecule has 0 radical (unpaired) electrons. The fourth-order valence-electron chi connectivity index (χ4n) is 2.34. The van der Waals surface area contributed by atoms with Crippen LogP contribution in [0.2, 0.25) is 10.0 Å². The maximum Gasteiger partial charge on any atom is 0.227 e. The van der Waals surface area contributed by atoms with Crippen molar-refractivity contribution in [3.63, 3.8) is 0 Å². The van der Waals surface area contributed by atoms with Gasteiger partial charge in [0.05, 0.1) is 16.0 Å². The third-order valence-corrected chi connectivity index (χ3v) is 4.31. The van der Waals surface area contributed by atoms with Gasteiger partial charge < -0.3 is 5.32 Å². The molecule has 23 heavy (non-hydrogen) atoms. The predicted molar refractivity (Wildman–Crippen MR) is 90.3 cm³/mol. The van der Waals surface area contributed by atoms with Crippen LogP contribution in [-0.2, 0) is 11.3 Å². The molecule has 0 unspecified atom stereocenters. The van der Waals surface area contributed by atoms with Gasteiger partial charge in [0.25, 0.3) is 0 Å². The van der Waals surface area contributed by atoms with Crippen LogP contribution in [-0.4, -0.2) is 10.9 Å². The SMILES string of the molecule is CC[C@H](C(=O)NCc1cc(C)cnc1F)c1ccc(Cl)c(Cl)c1. The van der Waals surface area contributed by atoms with Crippen molar-refractivity contribution in [1.82, 2.24) is 10.3 Å². The van der Waals surface area contributed by atoms with Crippen molar-refractivity contribution >= 4 is 29.1 Å². The van der Waals surface area contributed by atoms with Crippen LogP contribution in [0.15, 0.2) is 30.5 Å². The molecule has 0 saturated heterocycles. The number of carbonyl (C=O) groups excluding carboxylic acids is 1. The highest BCUT2D eigenvalue weighted by Gasteiger charge is 2.19. The van der Waals surface area contributed by atoms with E-state index < -0.39 is 5.95 Å². The van der Waals surface area contributed by atoms with E-state index in [0.29, 0.717) is 22.0 Å². The molecule has 2 aromatic rings. The highest BCUT2D eigenvalue weighted by atomic mass is 35.5. The second kappa shape index (κ2) is 7.75. The number of halogens is 3. The minimum absolute atomic E-state index is 0.0944. The Morgan fingerprint density at radius 1 is 1.30 bits per heavy atom. The lowest BCUT2D eigenvalue weighted by molar-refractivity contribution is -0.122. The van der Waals surface area contributed by atoms with Crippen LogP contribution >= 0.6 is 23.2 Å². The van der Waals surface area contributed by atoms with E-state index in [1.54, 1.807) is 24.3 Å². The van der Waals surface area contributed by atoms with Crippen molar-refractivity contribution in [2.75, 3.05) is 0 Å². The Labute approximate surface area is 144 Å².